The van der Waals surface area contributed by atoms with Crippen LogP contribution in [0, 0.1) is 0 Å². The van der Waals surface area contributed by atoms with Crippen molar-refractivity contribution < 1.29 is 19.7 Å². The molecule has 0 radical (unpaired) electrons. The van der Waals surface area contributed by atoms with E-state index in [4.69, 9.17) is 4.74 Å². The van der Waals surface area contributed by atoms with Gasteiger partial charge in [-0.2, -0.15) is 0 Å². The summed E-state index contributed by atoms with van der Waals surface area (Å²) in [5.74, 6) is -0.424. The summed E-state index contributed by atoms with van der Waals surface area (Å²) in [6.07, 6.45) is 2.82. The molecule has 2 atom stereocenters. The Morgan fingerprint density at radius 2 is 2.26 bits per heavy atom. The number of carboxylic acids is 1. The van der Waals surface area contributed by atoms with Crippen LogP contribution in [-0.4, -0.2) is 44.4 Å². The average molecular weight is 317 g/mol. The number of hydrogen-bond donors (Lipinski definition) is 2. The van der Waals surface area contributed by atoms with Gasteiger partial charge in [-0.1, -0.05) is 11.3 Å². The standard InChI is InChI=1S/C16H19N3O4/c1-4-5-12-8-11(6-7-14(12)23-3)13-9-19(18-17-13)15(10(2)20)16(21)22/h4,6-10,15,20H,1,5H2,2-3H3,(H,21,22)/t10-,15+/m1/s1. The van der Waals surface area contributed by atoms with E-state index in [1.807, 2.05) is 18.2 Å². The molecular formula is C16H19N3O4. The number of allylic oxidation sites excluding steroid dienone is 1. The molecule has 0 aliphatic rings. The van der Waals surface area contributed by atoms with Crippen molar-refractivity contribution in [1.82, 2.24) is 15.0 Å². The third kappa shape index (κ3) is 3.57. The minimum absolute atomic E-state index is 0.518. The Kier molecular flexibility index (Phi) is 5.13. The SMILES string of the molecule is C=CCc1cc(-c2cn([C@H](C(=O)O)[C@@H](C)O)nn2)ccc1OC. The van der Waals surface area contributed by atoms with Crippen molar-refractivity contribution in [3.63, 3.8) is 0 Å². The van der Waals surface area contributed by atoms with Gasteiger partial charge in [-0.15, -0.1) is 11.7 Å². The molecule has 1 aromatic heterocycles. The highest BCUT2D eigenvalue weighted by atomic mass is 16.5. The lowest BCUT2D eigenvalue weighted by Gasteiger charge is -2.14. The van der Waals surface area contributed by atoms with Gasteiger partial charge in [0.05, 0.1) is 19.4 Å². The Labute approximate surface area is 133 Å². The third-order valence-corrected chi connectivity index (χ3v) is 3.45. The van der Waals surface area contributed by atoms with Gasteiger partial charge in [-0.25, -0.2) is 9.48 Å². The van der Waals surface area contributed by atoms with Crippen molar-refractivity contribution in [2.24, 2.45) is 0 Å². The zero-order valence-electron chi connectivity index (χ0n) is 13.0. The minimum Gasteiger partial charge on any atom is -0.496 e. The molecule has 1 heterocycles. The van der Waals surface area contributed by atoms with Crippen molar-refractivity contribution in [3.8, 4) is 17.0 Å². The maximum atomic E-state index is 11.2. The second-order valence-electron chi connectivity index (χ2n) is 5.13. The molecule has 2 N–H and O–H groups in total. The summed E-state index contributed by atoms with van der Waals surface area (Å²) >= 11 is 0. The molecule has 0 aliphatic carbocycles. The summed E-state index contributed by atoms with van der Waals surface area (Å²) in [5, 5.41) is 26.6. The van der Waals surface area contributed by atoms with Gasteiger partial charge < -0.3 is 14.9 Å². The molecule has 2 aromatic rings. The molecule has 0 saturated heterocycles. The van der Waals surface area contributed by atoms with Crippen molar-refractivity contribution in [1.29, 1.82) is 0 Å². The predicted octanol–water partition coefficient (Wildman–Crippen LogP) is 1.69. The summed E-state index contributed by atoms with van der Waals surface area (Å²) in [6, 6.07) is 4.35. The van der Waals surface area contributed by atoms with E-state index < -0.39 is 18.1 Å². The Morgan fingerprint density at radius 1 is 1.52 bits per heavy atom. The van der Waals surface area contributed by atoms with Crippen LogP contribution in [0.15, 0.2) is 37.1 Å². The van der Waals surface area contributed by atoms with Crippen LogP contribution in [0.1, 0.15) is 18.5 Å². The van der Waals surface area contributed by atoms with Gasteiger partial charge in [-0.3, -0.25) is 0 Å². The van der Waals surface area contributed by atoms with E-state index >= 15 is 0 Å². The van der Waals surface area contributed by atoms with Gasteiger partial charge in [-0.05, 0) is 37.1 Å². The minimum atomic E-state index is -1.18. The van der Waals surface area contributed by atoms with E-state index in [0.717, 1.165) is 21.6 Å². The number of carboxylic acid groups (broad SMARTS) is 1. The van der Waals surface area contributed by atoms with Crippen molar-refractivity contribution in [2.75, 3.05) is 7.11 Å². The molecule has 0 fully saturated rings. The topological polar surface area (TPSA) is 97.5 Å². The molecule has 7 heteroatoms. The van der Waals surface area contributed by atoms with E-state index in [0.29, 0.717) is 12.1 Å². The largest absolute Gasteiger partial charge is 0.496 e. The van der Waals surface area contributed by atoms with Gasteiger partial charge in [0, 0.05) is 5.56 Å². The fourth-order valence-corrected chi connectivity index (χ4v) is 2.34. The van der Waals surface area contributed by atoms with E-state index in [2.05, 4.69) is 16.9 Å². The number of benzene rings is 1. The van der Waals surface area contributed by atoms with Crippen LogP contribution < -0.4 is 4.74 Å². The molecule has 23 heavy (non-hydrogen) atoms. The smallest absolute Gasteiger partial charge is 0.331 e. The molecular weight excluding hydrogens is 298 g/mol. The first-order chi connectivity index (χ1) is 11.0. The number of aliphatic carboxylic acids is 1. The molecule has 0 spiro atoms. The predicted molar refractivity (Wildman–Crippen MR) is 84.3 cm³/mol. The summed E-state index contributed by atoms with van der Waals surface area (Å²) in [6.45, 7) is 5.12. The van der Waals surface area contributed by atoms with Crippen molar-refractivity contribution >= 4 is 5.97 Å². The Hall–Kier alpha value is -2.67. The van der Waals surface area contributed by atoms with E-state index in [-0.39, 0.29) is 0 Å². The number of carbonyl (C=O) groups is 1. The first-order valence-electron chi connectivity index (χ1n) is 7.08. The van der Waals surface area contributed by atoms with Crippen LogP contribution >= 0.6 is 0 Å². The number of methoxy groups -OCH3 is 1. The van der Waals surface area contributed by atoms with E-state index in [1.165, 1.54) is 13.1 Å². The van der Waals surface area contributed by atoms with E-state index in [9.17, 15) is 15.0 Å². The van der Waals surface area contributed by atoms with Gasteiger partial charge in [0.1, 0.15) is 11.4 Å². The third-order valence-electron chi connectivity index (χ3n) is 3.45. The summed E-state index contributed by atoms with van der Waals surface area (Å²) in [4.78, 5) is 11.2. The van der Waals surface area contributed by atoms with Gasteiger partial charge >= 0.3 is 5.97 Å². The Balaban J connectivity index is 2.38. The maximum Gasteiger partial charge on any atom is 0.331 e. The lowest BCUT2D eigenvalue weighted by molar-refractivity contribution is -0.144. The van der Waals surface area contributed by atoms with Crippen LogP contribution in [0.25, 0.3) is 11.3 Å². The van der Waals surface area contributed by atoms with Crippen molar-refractivity contribution in [3.05, 3.63) is 42.6 Å². The molecule has 0 aliphatic heterocycles. The highest BCUT2D eigenvalue weighted by Gasteiger charge is 2.26. The molecule has 122 valence electrons. The van der Waals surface area contributed by atoms with Crippen molar-refractivity contribution in [2.45, 2.75) is 25.5 Å². The molecule has 0 saturated carbocycles. The molecule has 0 amide bonds. The fraction of sp³-hybridized carbons (Fsp3) is 0.312. The van der Waals surface area contributed by atoms with Crippen LogP contribution in [0.4, 0.5) is 0 Å². The van der Waals surface area contributed by atoms with Crippen LogP contribution in [0.5, 0.6) is 5.75 Å². The first-order valence-corrected chi connectivity index (χ1v) is 7.08. The number of nitrogens with zero attached hydrogens (tertiary/aromatic N) is 3. The number of rotatable bonds is 7. The summed E-state index contributed by atoms with van der Waals surface area (Å²) in [5.41, 5.74) is 2.24. The number of aliphatic hydroxyl groups is 1. The van der Waals surface area contributed by atoms with Gasteiger partial charge in [0.25, 0.3) is 0 Å². The second-order valence-corrected chi connectivity index (χ2v) is 5.13. The fourth-order valence-electron chi connectivity index (χ4n) is 2.34. The first kappa shape index (κ1) is 16.7. The lowest BCUT2D eigenvalue weighted by Crippen LogP contribution is -2.29. The average Bonchev–Trinajstić information content (AvgIpc) is 2.96. The molecule has 7 nitrogen and oxygen atoms in total. The summed E-state index contributed by atoms with van der Waals surface area (Å²) in [7, 11) is 1.60. The van der Waals surface area contributed by atoms with Crippen LogP contribution in [-0.2, 0) is 11.2 Å². The Morgan fingerprint density at radius 3 is 2.83 bits per heavy atom. The van der Waals surface area contributed by atoms with Gasteiger partial charge in [0.2, 0.25) is 0 Å². The molecule has 2 rings (SSSR count). The number of aromatic nitrogens is 3. The number of hydrogen-bond acceptors (Lipinski definition) is 5. The maximum absolute atomic E-state index is 11.2. The highest BCUT2D eigenvalue weighted by Crippen LogP contribution is 2.26. The quantitative estimate of drug-likeness (QED) is 0.754. The Bertz CT molecular complexity index is 709. The highest BCUT2D eigenvalue weighted by molar-refractivity contribution is 5.72. The summed E-state index contributed by atoms with van der Waals surface area (Å²) < 4.78 is 6.45. The second kappa shape index (κ2) is 7.06. The van der Waals surface area contributed by atoms with E-state index in [1.54, 1.807) is 13.2 Å². The number of ether oxygens (including phenoxy) is 1. The zero-order chi connectivity index (χ0) is 17.0. The van der Waals surface area contributed by atoms with Crippen LogP contribution in [0.3, 0.4) is 0 Å². The normalized spacial score (nSPS) is 13.3. The monoisotopic (exact) mass is 317 g/mol. The zero-order valence-corrected chi connectivity index (χ0v) is 13.0. The molecule has 1 aromatic carbocycles. The van der Waals surface area contributed by atoms with Crippen LogP contribution in [0.2, 0.25) is 0 Å². The lowest BCUT2D eigenvalue weighted by atomic mass is 10.0. The molecule has 0 unspecified atom stereocenters. The number of aliphatic hydroxyl groups excluding tert-OH is 1. The molecule has 0 bridgehead atoms. The van der Waals surface area contributed by atoms with Gasteiger partial charge in [0.15, 0.2) is 6.04 Å².